The van der Waals surface area contributed by atoms with Gasteiger partial charge in [-0.05, 0) is 6.42 Å². The lowest BCUT2D eigenvalue weighted by Crippen LogP contribution is -2.58. The van der Waals surface area contributed by atoms with Crippen LogP contribution in [0.1, 0.15) is 13.3 Å². The molecule has 0 radical (unpaired) electrons. The van der Waals surface area contributed by atoms with Crippen LogP contribution in [-0.2, 0) is 20.4 Å². The number of rotatable bonds is 4. The number of hydrogen-bond donors (Lipinski definition) is 1. The Kier molecular flexibility index (Phi) is 4.26. The van der Waals surface area contributed by atoms with E-state index in [4.69, 9.17) is 0 Å². The van der Waals surface area contributed by atoms with E-state index >= 15 is 0 Å². The lowest BCUT2D eigenvalue weighted by atomic mass is 10.1. The average Bonchev–Trinajstić information content (AvgIpc) is 2.18. The largest absolute Gasteiger partial charge is 0.343 e. The lowest BCUT2D eigenvalue weighted by molar-refractivity contribution is -0.144. The van der Waals surface area contributed by atoms with Crippen LogP contribution in [0.25, 0.3) is 0 Å². The predicted octanol–water partition coefficient (Wildman–Crippen LogP) is -0.898. The zero-order chi connectivity index (χ0) is 11.4. The topological polar surface area (TPSA) is 66.5 Å². The SMILES string of the molecule is CCC1NC(=O)CN(CCS(C)=O)C1=O. The molecular weight excluding hydrogens is 216 g/mol. The number of carbonyl (C=O) groups excluding carboxylic acids is 2. The molecule has 1 aliphatic heterocycles. The molecule has 0 saturated carbocycles. The minimum atomic E-state index is -0.932. The monoisotopic (exact) mass is 232 g/mol. The van der Waals surface area contributed by atoms with Crippen LogP contribution in [0.3, 0.4) is 0 Å². The maximum absolute atomic E-state index is 11.7. The second-order valence-electron chi connectivity index (χ2n) is 3.57. The molecule has 1 fully saturated rings. The first-order chi connectivity index (χ1) is 7.04. The molecule has 5 nitrogen and oxygen atoms in total. The number of piperazine rings is 1. The Morgan fingerprint density at radius 3 is 2.73 bits per heavy atom. The zero-order valence-electron chi connectivity index (χ0n) is 8.99. The summed E-state index contributed by atoms with van der Waals surface area (Å²) in [6.45, 7) is 2.34. The molecule has 86 valence electrons. The minimum Gasteiger partial charge on any atom is -0.343 e. The molecule has 0 spiro atoms. The van der Waals surface area contributed by atoms with Gasteiger partial charge in [-0.1, -0.05) is 6.92 Å². The van der Waals surface area contributed by atoms with E-state index in [1.807, 2.05) is 6.92 Å². The van der Waals surface area contributed by atoms with Gasteiger partial charge in [0.15, 0.2) is 0 Å². The van der Waals surface area contributed by atoms with Crippen molar-refractivity contribution < 1.29 is 13.8 Å². The molecule has 0 bridgehead atoms. The van der Waals surface area contributed by atoms with Gasteiger partial charge in [0.1, 0.15) is 6.04 Å². The fraction of sp³-hybridized carbons (Fsp3) is 0.778. The highest BCUT2D eigenvalue weighted by molar-refractivity contribution is 7.84. The summed E-state index contributed by atoms with van der Waals surface area (Å²) in [5, 5.41) is 2.63. The summed E-state index contributed by atoms with van der Waals surface area (Å²) >= 11 is 0. The summed E-state index contributed by atoms with van der Waals surface area (Å²) in [6, 6.07) is -0.406. The van der Waals surface area contributed by atoms with Crippen LogP contribution in [-0.4, -0.2) is 52.1 Å². The van der Waals surface area contributed by atoms with Crippen molar-refractivity contribution in [2.24, 2.45) is 0 Å². The molecule has 0 aromatic carbocycles. The fourth-order valence-corrected chi connectivity index (χ4v) is 1.96. The number of nitrogens with zero attached hydrogens (tertiary/aromatic N) is 1. The third-order valence-electron chi connectivity index (χ3n) is 2.34. The van der Waals surface area contributed by atoms with Gasteiger partial charge < -0.3 is 10.2 Å². The highest BCUT2D eigenvalue weighted by Crippen LogP contribution is 2.05. The summed E-state index contributed by atoms with van der Waals surface area (Å²) in [5.41, 5.74) is 0. The zero-order valence-corrected chi connectivity index (χ0v) is 9.80. The van der Waals surface area contributed by atoms with Gasteiger partial charge in [0.05, 0.1) is 6.54 Å². The first-order valence-corrected chi connectivity index (χ1v) is 6.65. The van der Waals surface area contributed by atoms with Gasteiger partial charge in [0.25, 0.3) is 0 Å². The van der Waals surface area contributed by atoms with E-state index in [1.165, 1.54) is 4.90 Å². The molecule has 1 heterocycles. The Morgan fingerprint density at radius 1 is 1.53 bits per heavy atom. The average molecular weight is 232 g/mol. The van der Waals surface area contributed by atoms with Crippen molar-refractivity contribution in [3.63, 3.8) is 0 Å². The van der Waals surface area contributed by atoms with E-state index in [0.29, 0.717) is 18.7 Å². The number of nitrogens with one attached hydrogen (secondary N) is 1. The van der Waals surface area contributed by atoms with Crippen molar-refractivity contribution in [2.75, 3.05) is 25.1 Å². The molecule has 2 unspecified atom stereocenters. The van der Waals surface area contributed by atoms with E-state index < -0.39 is 16.8 Å². The van der Waals surface area contributed by atoms with Crippen LogP contribution in [0.2, 0.25) is 0 Å². The normalized spacial score (nSPS) is 23.9. The van der Waals surface area contributed by atoms with Crippen molar-refractivity contribution >= 4 is 22.6 Å². The molecule has 2 atom stereocenters. The van der Waals surface area contributed by atoms with Crippen molar-refractivity contribution in [3.8, 4) is 0 Å². The van der Waals surface area contributed by atoms with Crippen molar-refractivity contribution in [2.45, 2.75) is 19.4 Å². The van der Waals surface area contributed by atoms with Gasteiger partial charge in [0.2, 0.25) is 11.8 Å². The summed E-state index contributed by atoms with van der Waals surface area (Å²) in [4.78, 5) is 24.5. The van der Waals surface area contributed by atoms with Gasteiger partial charge >= 0.3 is 0 Å². The maximum atomic E-state index is 11.7. The van der Waals surface area contributed by atoms with E-state index in [1.54, 1.807) is 6.26 Å². The van der Waals surface area contributed by atoms with Crippen molar-refractivity contribution in [3.05, 3.63) is 0 Å². The molecule has 0 aromatic heterocycles. The van der Waals surface area contributed by atoms with E-state index in [0.717, 1.165) is 0 Å². The Hall–Kier alpha value is -0.910. The highest BCUT2D eigenvalue weighted by Gasteiger charge is 2.30. The lowest BCUT2D eigenvalue weighted by Gasteiger charge is -2.31. The molecule has 1 aliphatic rings. The Balaban J connectivity index is 2.58. The van der Waals surface area contributed by atoms with E-state index in [2.05, 4.69) is 5.32 Å². The smallest absolute Gasteiger partial charge is 0.245 e. The number of carbonyl (C=O) groups is 2. The summed E-state index contributed by atoms with van der Waals surface area (Å²) < 4.78 is 10.9. The summed E-state index contributed by atoms with van der Waals surface area (Å²) in [5.74, 6) is 0.223. The van der Waals surface area contributed by atoms with Crippen LogP contribution in [0, 0.1) is 0 Å². The molecule has 1 N–H and O–H groups in total. The number of amides is 2. The van der Waals surface area contributed by atoms with Crippen molar-refractivity contribution in [1.82, 2.24) is 10.2 Å². The Morgan fingerprint density at radius 2 is 2.20 bits per heavy atom. The predicted molar refractivity (Wildman–Crippen MR) is 57.7 cm³/mol. The van der Waals surface area contributed by atoms with Crippen LogP contribution in [0.4, 0.5) is 0 Å². The molecule has 15 heavy (non-hydrogen) atoms. The third-order valence-corrected chi connectivity index (χ3v) is 3.09. The molecular formula is C9H16N2O3S. The fourth-order valence-electron chi connectivity index (χ4n) is 1.48. The molecule has 2 amide bonds. The van der Waals surface area contributed by atoms with E-state index in [-0.39, 0.29) is 18.4 Å². The molecule has 0 aliphatic carbocycles. The van der Waals surface area contributed by atoms with Crippen LogP contribution in [0.15, 0.2) is 0 Å². The Labute approximate surface area is 91.7 Å². The molecule has 0 aromatic rings. The van der Waals surface area contributed by atoms with E-state index in [9.17, 15) is 13.8 Å². The Bertz CT molecular complexity index is 293. The van der Waals surface area contributed by atoms with Crippen LogP contribution in [0.5, 0.6) is 0 Å². The van der Waals surface area contributed by atoms with Crippen LogP contribution >= 0.6 is 0 Å². The molecule has 6 heteroatoms. The minimum absolute atomic E-state index is 0.0671. The second kappa shape index (κ2) is 5.25. The standard InChI is InChI=1S/C9H16N2O3S/c1-3-7-9(13)11(4-5-15(2)14)6-8(12)10-7/h7H,3-6H2,1-2H3,(H,10,12). The van der Waals surface area contributed by atoms with Gasteiger partial charge in [-0.3, -0.25) is 13.8 Å². The second-order valence-corrected chi connectivity index (χ2v) is 5.12. The van der Waals surface area contributed by atoms with Gasteiger partial charge in [-0.2, -0.15) is 0 Å². The van der Waals surface area contributed by atoms with Crippen LogP contribution < -0.4 is 5.32 Å². The highest BCUT2D eigenvalue weighted by atomic mass is 32.2. The van der Waals surface area contributed by atoms with Gasteiger partial charge in [-0.25, -0.2) is 0 Å². The first kappa shape index (κ1) is 12.2. The number of hydrogen-bond acceptors (Lipinski definition) is 3. The van der Waals surface area contributed by atoms with Gasteiger partial charge in [-0.15, -0.1) is 0 Å². The summed E-state index contributed by atoms with van der Waals surface area (Å²) in [7, 11) is -0.932. The van der Waals surface area contributed by atoms with Gasteiger partial charge in [0, 0.05) is 29.4 Å². The van der Waals surface area contributed by atoms with Crippen molar-refractivity contribution in [1.29, 1.82) is 0 Å². The maximum Gasteiger partial charge on any atom is 0.245 e. The third kappa shape index (κ3) is 3.30. The quantitative estimate of drug-likeness (QED) is 0.683. The first-order valence-electron chi connectivity index (χ1n) is 4.92. The summed E-state index contributed by atoms with van der Waals surface area (Å²) in [6.07, 6.45) is 2.18. The molecule has 1 saturated heterocycles. The molecule has 1 rings (SSSR count).